The van der Waals surface area contributed by atoms with Crippen LogP contribution in [0.15, 0.2) is 48.7 Å². The molecular formula is C20H21N3O. The zero-order chi connectivity index (χ0) is 16.7. The van der Waals surface area contributed by atoms with Gasteiger partial charge in [0.1, 0.15) is 11.6 Å². The number of benzene rings is 1. The number of rotatable bonds is 2. The molecule has 0 spiro atoms. The Morgan fingerprint density at radius 2 is 1.96 bits per heavy atom. The Morgan fingerprint density at radius 3 is 2.71 bits per heavy atom. The molecule has 0 saturated heterocycles. The van der Waals surface area contributed by atoms with E-state index < -0.39 is 0 Å². The van der Waals surface area contributed by atoms with Crippen molar-refractivity contribution in [3.05, 3.63) is 76.7 Å². The van der Waals surface area contributed by atoms with E-state index in [1.165, 1.54) is 22.4 Å². The Kier molecular flexibility index (Phi) is 3.62. The molecular weight excluding hydrogens is 298 g/mol. The Hall–Kier alpha value is -2.59. The first-order valence-electron chi connectivity index (χ1n) is 8.19. The van der Waals surface area contributed by atoms with Crippen molar-refractivity contribution in [2.75, 3.05) is 7.11 Å². The van der Waals surface area contributed by atoms with Crippen LogP contribution in [0.25, 0.3) is 5.82 Å². The van der Waals surface area contributed by atoms with Gasteiger partial charge < -0.3 is 14.6 Å². The van der Waals surface area contributed by atoms with Crippen LogP contribution < -0.4 is 10.1 Å². The zero-order valence-electron chi connectivity index (χ0n) is 14.2. The molecule has 1 aromatic carbocycles. The van der Waals surface area contributed by atoms with Gasteiger partial charge in [0.15, 0.2) is 0 Å². The second kappa shape index (κ2) is 5.80. The average Bonchev–Trinajstić information content (AvgIpc) is 3.00. The molecule has 3 heterocycles. The minimum Gasteiger partial charge on any atom is -0.497 e. The van der Waals surface area contributed by atoms with Gasteiger partial charge in [-0.1, -0.05) is 12.1 Å². The maximum Gasteiger partial charge on any atom is 0.141 e. The van der Waals surface area contributed by atoms with Gasteiger partial charge in [0, 0.05) is 29.7 Å². The van der Waals surface area contributed by atoms with Gasteiger partial charge in [0.25, 0.3) is 0 Å². The second-order valence-corrected chi connectivity index (χ2v) is 6.27. The summed E-state index contributed by atoms with van der Waals surface area (Å²) < 4.78 is 7.49. The van der Waals surface area contributed by atoms with Crippen molar-refractivity contribution in [1.29, 1.82) is 0 Å². The van der Waals surface area contributed by atoms with Crippen LogP contribution in [0, 0.1) is 13.8 Å². The molecule has 3 aromatic rings. The minimum atomic E-state index is 0.125. The van der Waals surface area contributed by atoms with Gasteiger partial charge in [-0.15, -0.1) is 0 Å². The molecule has 4 nitrogen and oxygen atoms in total. The zero-order valence-corrected chi connectivity index (χ0v) is 14.2. The lowest BCUT2D eigenvalue weighted by atomic mass is 10.0. The number of hydrogen-bond donors (Lipinski definition) is 1. The maximum atomic E-state index is 5.28. The van der Waals surface area contributed by atoms with Gasteiger partial charge in [-0.25, -0.2) is 4.98 Å². The lowest BCUT2D eigenvalue weighted by Gasteiger charge is -2.18. The number of ether oxygens (including phenoxy) is 1. The van der Waals surface area contributed by atoms with E-state index in [0.29, 0.717) is 0 Å². The number of pyridine rings is 1. The Morgan fingerprint density at radius 1 is 1.17 bits per heavy atom. The Bertz CT molecular complexity index is 880. The molecule has 0 amide bonds. The smallest absolute Gasteiger partial charge is 0.141 e. The first-order valence-corrected chi connectivity index (χ1v) is 8.19. The van der Waals surface area contributed by atoms with Gasteiger partial charge in [-0.05, 0) is 55.3 Å². The molecule has 2 aromatic heterocycles. The van der Waals surface area contributed by atoms with E-state index >= 15 is 0 Å². The van der Waals surface area contributed by atoms with Gasteiger partial charge in [-0.3, -0.25) is 0 Å². The predicted molar refractivity (Wildman–Crippen MR) is 94.7 cm³/mol. The van der Waals surface area contributed by atoms with E-state index in [2.05, 4.69) is 60.3 Å². The maximum absolute atomic E-state index is 5.28. The van der Waals surface area contributed by atoms with Gasteiger partial charge >= 0.3 is 0 Å². The largest absolute Gasteiger partial charge is 0.497 e. The first kappa shape index (κ1) is 15.0. The van der Waals surface area contributed by atoms with Crippen molar-refractivity contribution in [2.45, 2.75) is 26.4 Å². The van der Waals surface area contributed by atoms with Crippen molar-refractivity contribution in [3.63, 3.8) is 0 Å². The summed E-state index contributed by atoms with van der Waals surface area (Å²) in [5.41, 5.74) is 6.01. The van der Waals surface area contributed by atoms with Crippen molar-refractivity contribution < 1.29 is 4.74 Å². The highest BCUT2D eigenvalue weighted by molar-refractivity contribution is 5.46. The number of methoxy groups -OCH3 is 1. The molecule has 4 heteroatoms. The van der Waals surface area contributed by atoms with Crippen molar-refractivity contribution >= 4 is 0 Å². The van der Waals surface area contributed by atoms with Crippen molar-refractivity contribution in [1.82, 2.24) is 14.9 Å². The average molecular weight is 319 g/mol. The number of hydrogen-bond acceptors (Lipinski definition) is 3. The lowest BCUT2D eigenvalue weighted by molar-refractivity contribution is 0.414. The first-order chi connectivity index (χ1) is 11.7. The third-order valence-electron chi connectivity index (χ3n) is 4.69. The van der Waals surface area contributed by atoms with Crippen LogP contribution in [0.1, 0.15) is 34.1 Å². The SMILES string of the molecule is COc1ccc([C@@H]2NCc3c(C)cc(C)nc3-n3cccc32)cc1. The molecule has 1 aliphatic heterocycles. The summed E-state index contributed by atoms with van der Waals surface area (Å²) in [6.45, 7) is 5.01. The quantitative estimate of drug-likeness (QED) is 0.783. The summed E-state index contributed by atoms with van der Waals surface area (Å²) in [4.78, 5) is 4.81. The van der Waals surface area contributed by atoms with E-state index in [4.69, 9.17) is 9.72 Å². The molecule has 122 valence electrons. The molecule has 0 aliphatic carbocycles. The molecule has 1 N–H and O–H groups in total. The van der Waals surface area contributed by atoms with Gasteiger partial charge in [0.05, 0.1) is 13.2 Å². The van der Waals surface area contributed by atoms with E-state index in [1.54, 1.807) is 7.11 Å². The molecule has 0 bridgehead atoms. The van der Waals surface area contributed by atoms with Crippen LogP contribution in [0.2, 0.25) is 0 Å². The van der Waals surface area contributed by atoms with Crippen LogP contribution in [-0.2, 0) is 6.54 Å². The fourth-order valence-corrected chi connectivity index (χ4v) is 3.48. The number of fused-ring (bicyclic) bond motifs is 3. The van der Waals surface area contributed by atoms with E-state index in [-0.39, 0.29) is 6.04 Å². The lowest BCUT2D eigenvalue weighted by Crippen LogP contribution is -2.21. The number of aryl methyl sites for hydroxylation is 2. The van der Waals surface area contributed by atoms with Crippen LogP contribution in [0.5, 0.6) is 5.75 Å². The molecule has 4 rings (SSSR count). The predicted octanol–water partition coefficient (Wildman–Crippen LogP) is 3.69. The van der Waals surface area contributed by atoms with Crippen LogP contribution in [0.3, 0.4) is 0 Å². The van der Waals surface area contributed by atoms with Gasteiger partial charge in [-0.2, -0.15) is 0 Å². The number of aromatic nitrogens is 2. The summed E-state index contributed by atoms with van der Waals surface area (Å²) in [5.74, 6) is 1.91. The summed E-state index contributed by atoms with van der Waals surface area (Å²) in [6, 6.07) is 14.8. The van der Waals surface area contributed by atoms with Crippen LogP contribution >= 0.6 is 0 Å². The molecule has 1 atom stereocenters. The third-order valence-corrected chi connectivity index (χ3v) is 4.69. The summed E-state index contributed by atoms with van der Waals surface area (Å²) >= 11 is 0. The van der Waals surface area contributed by atoms with E-state index in [1.807, 2.05) is 12.1 Å². The number of nitrogens with zero attached hydrogens (tertiary/aromatic N) is 2. The summed E-state index contributed by atoms with van der Waals surface area (Å²) in [6.07, 6.45) is 2.10. The molecule has 24 heavy (non-hydrogen) atoms. The Labute approximate surface area is 142 Å². The van der Waals surface area contributed by atoms with Crippen molar-refractivity contribution in [3.8, 4) is 11.6 Å². The molecule has 0 radical (unpaired) electrons. The van der Waals surface area contributed by atoms with E-state index in [9.17, 15) is 0 Å². The topological polar surface area (TPSA) is 39.1 Å². The van der Waals surface area contributed by atoms with Crippen molar-refractivity contribution in [2.24, 2.45) is 0 Å². The fraction of sp³-hybridized carbons (Fsp3) is 0.250. The summed E-state index contributed by atoms with van der Waals surface area (Å²) in [7, 11) is 1.69. The highest BCUT2D eigenvalue weighted by atomic mass is 16.5. The normalized spacial score (nSPS) is 16.2. The fourth-order valence-electron chi connectivity index (χ4n) is 3.48. The second-order valence-electron chi connectivity index (χ2n) is 6.27. The molecule has 0 saturated carbocycles. The van der Waals surface area contributed by atoms with Crippen LogP contribution in [0.4, 0.5) is 0 Å². The third kappa shape index (κ3) is 2.39. The van der Waals surface area contributed by atoms with Gasteiger partial charge in [0.2, 0.25) is 0 Å². The molecule has 1 aliphatic rings. The number of nitrogens with one attached hydrogen (secondary N) is 1. The molecule has 0 unspecified atom stereocenters. The van der Waals surface area contributed by atoms with Crippen LogP contribution in [-0.4, -0.2) is 16.7 Å². The Balaban J connectivity index is 1.83. The summed E-state index contributed by atoms with van der Waals surface area (Å²) in [5, 5.41) is 3.69. The minimum absolute atomic E-state index is 0.125. The standard InChI is InChI=1S/C20H21N3O/c1-13-11-14(2)22-20-17(13)12-21-19(18-5-4-10-23(18)20)15-6-8-16(24-3)9-7-15/h4-11,19,21H,12H2,1-3H3/t19-/m0/s1. The highest BCUT2D eigenvalue weighted by Gasteiger charge is 2.24. The monoisotopic (exact) mass is 319 g/mol. The molecule has 0 fully saturated rings. The highest BCUT2D eigenvalue weighted by Crippen LogP contribution is 2.31. The van der Waals surface area contributed by atoms with E-state index in [0.717, 1.165) is 23.8 Å².